The smallest absolute Gasteiger partial charge is 0.238 e. The van der Waals surface area contributed by atoms with Crippen molar-refractivity contribution in [2.75, 3.05) is 0 Å². The molecule has 1 aromatic rings. The van der Waals surface area contributed by atoms with Gasteiger partial charge in [-0.1, -0.05) is 48.5 Å². The molecule has 0 unspecified atom stereocenters. The summed E-state index contributed by atoms with van der Waals surface area (Å²) in [5, 5.41) is 0. The van der Waals surface area contributed by atoms with Crippen molar-refractivity contribution in [1.82, 2.24) is 9.97 Å². The van der Waals surface area contributed by atoms with Crippen molar-refractivity contribution < 1.29 is 13.2 Å². The monoisotopic (exact) mass is 278 g/mol. The third kappa shape index (κ3) is 7.13. The minimum absolute atomic E-state index is 0.217. The van der Waals surface area contributed by atoms with E-state index in [1.165, 1.54) is 6.92 Å². The van der Waals surface area contributed by atoms with Gasteiger partial charge in [0.2, 0.25) is 0 Å². The van der Waals surface area contributed by atoms with E-state index in [2.05, 4.69) is 9.97 Å². The van der Waals surface area contributed by atoms with E-state index in [0.717, 1.165) is 6.07 Å². The number of rotatable bonds is 0. The molecule has 0 aliphatic heterocycles. The highest BCUT2D eigenvalue weighted by atomic mass is 19.4. The lowest BCUT2D eigenvalue weighted by atomic mass is 9.95. The maximum atomic E-state index is 12.4. The fourth-order valence-corrected chi connectivity index (χ4v) is 1.05. The molecule has 1 heterocycles. The molecule has 0 fully saturated rings. The molecule has 0 saturated heterocycles. The summed E-state index contributed by atoms with van der Waals surface area (Å²) in [6.45, 7) is 14.9. The van der Waals surface area contributed by atoms with Crippen LogP contribution < -0.4 is 0 Å². The van der Waals surface area contributed by atoms with Crippen molar-refractivity contribution in [3.63, 3.8) is 0 Å². The van der Waals surface area contributed by atoms with Crippen LogP contribution in [-0.2, 0) is 11.6 Å². The van der Waals surface area contributed by atoms with Gasteiger partial charge in [-0.3, -0.25) is 0 Å². The lowest BCUT2D eigenvalue weighted by Gasteiger charge is -2.18. The van der Waals surface area contributed by atoms with Crippen molar-refractivity contribution in [3.05, 3.63) is 23.3 Å². The molecule has 0 aliphatic carbocycles. The fourth-order valence-electron chi connectivity index (χ4n) is 1.05. The Hall–Kier alpha value is -1.13. The van der Waals surface area contributed by atoms with E-state index >= 15 is 0 Å². The molecule has 0 atom stereocenters. The second-order valence-electron chi connectivity index (χ2n) is 4.47. The zero-order chi connectivity index (χ0) is 15.9. The van der Waals surface area contributed by atoms with Crippen LogP contribution in [0, 0.1) is 6.92 Å². The molecule has 0 spiro atoms. The highest BCUT2D eigenvalue weighted by Crippen LogP contribution is 2.29. The standard InChI is InChI=1S/C10H13F3N2.2C2H6/c1-6-5-7(10(11,12)13)15-8(14-6)9(2,3)4;2*1-2/h5H,1-4H3;2*1-2H3. The summed E-state index contributed by atoms with van der Waals surface area (Å²) in [5.74, 6) is 0.217. The third-order valence-corrected chi connectivity index (χ3v) is 1.82. The summed E-state index contributed by atoms with van der Waals surface area (Å²) in [6.07, 6.45) is -4.41. The molecule has 0 aliphatic rings. The molecule has 0 saturated carbocycles. The van der Waals surface area contributed by atoms with Crippen LogP contribution in [-0.4, -0.2) is 9.97 Å². The van der Waals surface area contributed by atoms with Crippen molar-refractivity contribution in [2.24, 2.45) is 0 Å². The van der Waals surface area contributed by atoms with E-state index in [1.807, 2.05) is 27.7 Å². The van der Waals surface area contributed by atoms with E-state index < -0.39 is 17.3 Å². The summed E-state index contributed by atoms with van der Waals surface area (Å²) >= 11 is 0. The molecule has 0 radical (unpaired) electrons. The summed E-state index contributed by atoms with van der Waals surface area (Å²) in [5.41, 5.74) is -1.02. The van der Waals surface area contributed by atoms with Gasteiger partial charge in [0.25, 0.3) is 0 Å². The summed E-state index contributed by atoms with van der Waals surface area (Å²) in [6, 6.07) is 0.954. The average molecular weight is 278 g/mol. The Labute approximate surface area is 114 Å². The minimum atomic E-state index is -4.41. The van der Waals surface area contributed by atoms with Crippen LogP contribution in [0.15, 0.2) is 6.07 Å². The Balaban J connectivity index is 0. The van der Waals surface area contributed by atoms with Crippen molar-refractivity contribution in [2.45, 2.75) is 67.0 Å². The van der Waals surface area contributed by atoms with Crippen LogP contribution in [0.25, 0.3) is 0 Å². The molecule has 112 valence electrons. The Kier molecular flexibility index (Phi) is 8.63. The lowest BCUT2D eigenvalue weighted by Crippen LogP contribution is -2.20. The fraction of sp³-hybridized carbons (Fsp3) is 0.714. The second-order valence-corrected chi connectivity index (χ2v) is 4.47. The van der Waals surface area contributed by atoms with Crippen LogP contribution >= 0.6 is 0 Å². The van der Waals surface area contributed by atoms with Crippen LogP contribution in [0.2, 0.25) is 0 Å². The highest BCUT2D eigenvalue weighted by Gasteiger charge is 2.34. The first-order valence-electron chi connectivity index (χ1n) is 6.54. The largest absolute Gasteiger partial charge is 0.433 e. The molecule has 0 N–H and O–H groups in total. The van der Waals surface area contributed by atoms with Crippen LogP contribution in [0.5, 0.6) is 0 Å². The third-order valence-electron chi connectivity index (χ3n) is 1.82. The Morgan fingerprint density at radius 3 is 1.63 bits per heavy atom. The van der Waals surface area contributed by atoms with Gasteiger partial charge in [-0.2, -0.15) is 13.2 Å². The number of nitrogens with zero attached hydrogens (tertiary/aromatic N) is 2. The summed E-state index contributed by atoms with van der Waals surface area (Å²) in [7, 11) is 0. The topological polar surface area (TPSA) is 25.8 Å². The highest BCUT2D eigenvalue weighted by molar-refractivity contribution is 5.16. The zero-order valence-corrected chi connectivity index (χ0v) is 13.1. The molecule has 0 amide bonds. The molecule has 0 aromatic carbocycles. The minimum Gasteiger partial charge on any atom is -0.238 e. The predicted octanol–water partition coefficient (Wildman–Crippen LogP) is 5.15. The molecule has 2 nitrogen and oxygen atoms in total. The van der Waals surface area contributed by atoms with Gasteiger partial charge < -0.3 is 0 Å². The normalized spacial score (nSPS) is 10.9. The molecule has 1 aromatic heterocycles. The molecule has 5 heteroatoms. The first-order valence-corrected chi connectivity index (χ1v) is 6.54. The number of aromatic nitrogens is 2. The number of alkyl halides is 3. The van der Waals surface area contributed by atoms with Crippen LogP contribution in [0.1, 0.15) is 65.7 Å². The molecule has 19 heavy (non-hydrogen) atoms. The summed E-state index contributed by atoms with van der Waals surface area (Å²) in [4.78, 5) is 7.55. The van der Waals surface area contributed by atoms with Gasteiger partial charge in [0, 0.05) is 11.1 Å². The van der Waals surface area contributed by atoms with Crippen LogP contribution in [0.4, 0.5) is 13.2 Å². The van der Waals surface area contributed by atoms with Crippen molar-refractivity contribution >= 4 is 0 Å². The molecular formula is C14H25F3N2. The summed E-state index contributed by atoms with van der Waals surface area (Å²) < 4.78 is 37.3. The lowest BCUT2D eigenvalue weighted by molar-refractivity contribution is -0.141. The Bertz CT molecular complexity index is 334. The van der Waals surface area contributed by atoms with E-state index in [-0.39, 0.29) is 5.82 Å². The van der Waals surface area contributed by atoms with Gasteiger partial charge in [-0.25, -0.2) is 9.97 Å². The van der Waals surface area contributed by atoms with Gasteiger partial charge in [0.15, 0.2) is 0 Å². The van der Waals surface area contributed by atoms with Gasteiger partial charge in [0.1, 0.15) is 11.5 Å². The Morgan fingerprint density at radius 2 is 1.32 bits per heavy atom. The van der Waals surface area contributed by atoms with E-state index in [4.69, 9.17) is 0 Å². The van der Waals surface area contributed by atoms with Gasteiger partial charge >= 0.3 is 6.18 Å². The average Bonchev–Trinajstić information content (AvgIpc) is 2.31. The van der Waals surface area contributed by atoms with E-state index in [9.17, 15) is 13.2 Å². The SMILES string of the molecule is CC.CC.Cc1cc(C(F)(F)F)nc(C(C)(C)C)n1. The Morgan fingerprint density at radius 1 is 0.895 bits per heavy atom. The number of halogens is 3. The van der Waals surface area contributed by atoms with Crippen molar-refractivity contribution in [1.29, 1.82) is 0 Å². The predicted molar refractivity (Wildman–Crippen MR) is 73.2 cm³/mol. The number of hydrogen-bond acceptors (Lipinski definition) is 2. The maximum absolute atomic E-state index is 12.4. The van der Waals surface area contributed by atoms with E-state index in [0.29, 0.717) is 5.69 Å². The number of aryl methyl sites for hydroxylation is 1. The quantitative estimate of drug-likeness (QED) is 0.655. The van der Waals surface area contributed by atoms with Gasteiger partial charge in [-0.05, 0) is 13.0 Å². The van der Waals surface area contributed by atoms with Crippen molar-refractivity contribution in [3.8, 4) is 0 Å². The second kappa shape index (κ2) is 8.12. The first-order chi connectivity index (χ1) is 8.60. The van der Waals surface area contributed by atoms with Gasteiger partial charge in [-0.15, -0.1) is 0 Å². The van der Waals surface area contributed by atoms with Gasteiger partial charge in [0.05, 0.1) is 0 Å². The maximum Gasteiger partial charge on any atom is 0.433 e. The molecule has 1 rings (SSSR count). The number of hydrogen-bond donors (Lipinski definition) is 0. The first kappa shape index (κ1) is 20.2. The zero-order valence-electron chi connectivity index (χ0n) is 13.1. The molecule has 0 bridgehead atoms. The van der Waals surface area contributed by atoms with E-state index in [1.54, 1.807) is 20.8 Å². The molecular weight excluding hydrogens is 253 g/mol. The van der Waals surface area contributed by atoms with Crippen LogP contribution in [0.3, 0.4) is 0 Å².